The maximum absolute atomic E-state index is 10.9. The summed E-state index contributed by atoms with van der Waals surface area (Å²) in [5.41, 5.74) is 3.39. The number of quaternary nitrogens is 1. The van der Waals surface area contributed by atoms with E-state index in [-0.39, 0.29) is 5.56 Å². The Kier molecular flexibility index (Phi) is 7.25. The molecule has 3 rings (SSSR count). The average molecular weight is 391 g/mol. The number of benzene rings is 3. The molecule has 0 amide bonds. The molecule has 0 radical (unpaired) electrons. The fourth-order valence-corrected chi connectivity index (χ4v) is 3.06. The van der Waals surface area contributed by atoms with Crippen molar-refractivity contribution in [1.29, 1.82) is 0 Å². The first-order valence-corrected chi connectivity index (χ1v) is 9.70. The Bertz CT molecular complexity index is 923. The summed E-state index contributed by atoms with van der Waals surface area (Å²) in [5.74, 6) is 0.350. The summed E-state index contributed by atoms with van der Waals surface area (Å²) in [5, 5.41) is 13.0. The van der Waals surface area contributed by atoms with Crippen LogP contribution >= 0.6 is 0 Å². The topological polar surface area (TPSA) is 75.2 Å². The molecular formula is C24H25NO4. The van der Waals surface area contributed by atoms with Gasteiger partial charge in [-0.25, -0.2) is 0 Å². The van der Waals surface area contributed by atoms with Crippen LogP contribution < -0.4 is 19.9 Å². The molecule has 0 aliphatic heterocycles. The second-order valence-electron chi connectivity index (χ2n) is 6.63. The molecular weight excluding hydrogens is 366 g/mol. The third kappa shape index (κ3) is 5.83. The summed E-state index contributed by atoms with van der Waals surface area (Å²) in [7, 11) is 0. The first-order chi connectivity index (χ1) is 14.2. The molecule has 2 N–H and O–H groups in total. The van der Waals surface area contributed by atoms with Crippen LogP contribution in [-0.2, 0) is 19.7 Å². The monoisotopic (exact) mass is 391 g/mol. The van der Waals surface area contributed by atoms with Crippen molar-refractivity contribution in [3.8, 4) is 11.5 Å². The summed E-state index contributed by atoms with van der Waals surface area (Å²) < 4.78 is 11.9. The SMILES string of the molecule is CCOc1cccc(C[NH2+]Cc2ccc(C(=O)[O-])cc2)c1OCc1ccccc1. The molecule has 0 aliphatic rings. The fourth-order valence-electron chi connectivity index (χ4n) is 3.06. The van der Waals surface area contributed by atoms with Crippen molar-refractivity contribution >= 4 is 5.97 Å². The van der Waals surface area contributed by atoms with E-state index in [1.54, 1.807) is 12.1 Å². The van der Waals surface area contributed by atoms with E-state index in [4.69, 9.17) is 9.47 Å². The van der Waals surface area contributed by atoms with E-state index < -0.39 is 5.97 Å². The third-order valence-corrected chi connectivity index (χ3v) is 4.52. The Hall–Kier alpha value is -3.31. The van der Waals surface area contributed by atoms with Crippen molar-refractivity contribution in [2.75, 3.05) is 6.61 Å². The van der Waals surface area contributed by atoms with Crippen LogP contribution in [0, 0.1) is 0 Å². The lowest BCUT2D eigenvalue weighted by atomic mass is 10.1. The Labute approximate surface area is 170 Å². The maximum Gasteiger partial charge on any atom is 0.170 e. The second-order valence-corrected chi connectivity index (χ2v) is 6.63. The fraction of sp³-hybridized carbons (Fsp3) is 0.208. The van der Waals surface area contributed by atoms with Gasteiger partial charge in [0, 0.05) is 5.56 Å². The van der Waals surface area contributed by atoms with Gasteiger partial charge in [-0.2, -0.15) is 0 Å². The first kappa shape index (κ1) is 20.4. The van der Waals surface area contributed by atoms with E-state index in [1.165, 1.54) is 0 Å². The molecule has 0 unspecified atom stereocenters. The second kappa shape index (κ2) is 10.3. The van der Waals surface area contributed by atoms with Gasteiger partial charge in [0.15, 0.2) is 11.5 Å². The van der Waals surface area contributed by atoms with Crippen LogP contribution in [-0.4, -0.2) is 12.6 Å². The zero-order valence-corrected chi connectivity index (χ0v) is 16.5. The Morgan fingerprint density at radius 3 is 2.31 bits per heavy atom. The number of carbonyl (C=O) groups is 1. The van der Waals surface area contributed by atoms with E-state index in [1.807, 2.05) is 67.6 Å². The van der Waals surface area contributed by atoms with Crippen LogP contribution in [0.1, 0.15) is 34.0 Å². The Morgan fingerprint density at radius 1 is 0.862 bits per heavy atom. The molecule has 3 aromatic carbocycles. The molecule has 0 bridgehead atoms. The minimum atomic E-state index is -1.16. The average Bonchev–Trinajstić information content (AvgIpc) is 2.74. The highest BCUT2D eigenvalue weighted by atomic mass is 16.5. The smallest absolute Gasteiger partial charge is 0.170 e. The van der Waals surface area contributed by atoms with Gasteiger partial charge in [-0.3, -0.25) is 0 Å². The van der Waals surface area contributed by atoms with Gasteiger partial charge in [-0.05, 0) is 30.2 Å². The van der Waals surface area contributed by atoms with Crippen LogP contribution in [0.2, 0.25) is 0 Å². The van der Waals surface area contributed by atoms with E-state index in [2.05, 4.69) is 5.32 Å². The van der Waals surface area contributed by atoms with Gasteiger partial charge in [-0.15, -0.1) is 0 Å². The lowest BCUT2D eigenvalue weighted by Crippen LogP contribution is -2.80. The molecule has 0 aromatic heterocycles. The molecule has 5 heteroatoms. The van der Waals surface area contributed by atoms with Crippen molar-refractivity contribution in [1.82, 2.24) is 0 Å². The number of hydrogen-bond donors (Lipinski definition) is 1. The van der Waals surface area contributed by atoms with Gasteiger partial charge in [0.2, 0.25) is 0 Å². The van der Waals surface area contributed by atoms with E-state index in [9.17, 15) is 9.90 Å². The lowest BCUT2D eigenvalue weighted by molar-refractivity contribution is -0.686. The summed E-state index contributed by atoms with van der Waals surface area (Å²) in [6.45, 7) is 4.44. The molecule has 0 spiro atoms. The highest BCUT2D eigenvalue weighted by molar-refractivity contribution is 5.85. The largest absolute Gasteiger partial charge is 0.545 e. The van der Waals surface area contributed by atoms with Crippen LogP contribution in [0.15, 0.2) is 72.8 Å². The van der Waals surface area contributed by atoms with Crippen molar-refractivity contribution in [3.63, 3.8) is 0 Å². The summed E-state index contributed by atoms with van der Waals surface area (Å²) in [4.78, 5) is 10.9. The van der Waals surface area contributed by atoms with Gasteiger partial charge in [-0.1, -0.05) is 60.7 Å². The molecule has 0 fully saturated rings. The van der Waals surface area contributed by atoms with Gasteiger partial charge < -0.3 is 24.7 Å². The van der Waals surface area contributed by atoms with Crippen LogP contribution in [0.3, 0.4) is 0 Å². The molecule has 0 saturated carbocycles. The lowest BCUT2D eigenvalue weighted by Gasteiger charge is -2.15. The number of ether oxygens (including phenoxy) is 2. The standard InChI is InChI=1S/C24H25NO4/c1-2-28-22-10-6-9-21(23(22)29-17-19-7-4-3-5-8-19)16-25-15-18-11-13-20(14-12-18)24(26)27/h3-14,25H,2,15-17H2,1H3,(H,26,27). The third-order valence-electron chi connectivity index (χ3n) is 4.52. The molecule has 150 valence electrons. The van der Waals surface area contributed by atoms with Crippen molar-refractivity contribution in [2.45, 2.75) is 26.6 Å². The van der Waals surface area contributed by atoms with Crippen molar-refractivity contribution < 1.29 is 24.7 Å². The van der Waals surface area contributed by atoms with Crippen LogP contribution in [0.25, 0.3) is 0 Å². The molecule has 0 aliphatic carbocycles. The molecule has 0 saturated heterocycles. The number of hydrogen-bond acceptors (Lipinski definition) is 4. The van der Waals surface area contributed by atoms with Gasteiger partial charge in [0.25, 0.3) is 0 Å². The zero-order chi connectivity index (χ0) is 20.5. The Balaban J connectivity index is 1.67. The maximum atomic E-state index is 10.9. The number of carbonyl (C=O) groups excluding carboxylic acids is 1. The molecule has 0 heterocycles. The Morgan fingerprint density at radius 2 is 1.62 bits per heavy atom. The summed E-state index contributed by atoms with van der Waals surface area (Å²) in [6, 6.07) is 22.7. The van der Waals surface area contributed by atoms with E-state index in [0.717, 1.165) is 34.7 Å². The van der Waals surface area contributed by atoms with E-state index >= 15 is 0 Å². The minimum Gasteiger partial charge on any atom is -0.545 e. The number of para-hydroxylation sites is 1. The van der Waals surface area contributed by atoms with Gasteiger partial charge in [0.05, 0.1) is 18.1 Å². The first-order valence-electron chi connectivity index (χ1n) is 9.70. The quantitative estimate of drug-likeness (QED) is 0.575. The number of nitrogens with two attached hydrogens (primary N) is 1. The van der Waals surface area contributed by atoms with Crippen molar-refractivity contribution in [3.05, 3.63) is 95.1 Å². The number of aromatic carboxylic acids is 1. The van der Waals surface area contributed by atoms with E-state index in [0.29, 0.717) is 19.8 Å². The van der Waals surface area contributed by atoms with Crippen molar-refractivity contribution in [2.24, 2.45) is 0 Å². The predicted octanol–water partition coefficient (Wildman–Crippen LogP) is 2.29. The molecule has 29 heavy (non-hydrogen) atoms. The van der Waals surface area contributed by atoms with Gasteiger partial charge >= 0.3 is 0 Å². The summed E-state index contributed by atoms with van der Waals surface area (Å²) >= 11 is 0. The number of rotatable bonds is 10. The normalized spacial score (nSPS) is 10.5. The van der Waals surface area contributed by atoms with Crippen LogP contribution in [0.5, 0.6) is 11.5 Å². The molecule has 5 nitrogen and oxygen atoms in total. The predicted molar refractivity (Wildman–Crippen MR) is 108 cm³/mol. The molecule has 0 atom stereocenters. The minimum absolute atomic E-state index is 0.190. The highest BCUT2D eigenvalue weighted by Crippen LogP contribution is 2.31. The molecule has 3 aromatic rings. The van der Waals surface area contributed by atoms with Crippen LogP contribution in [0.4, 0.5) is 0 Å². The zero-order valence-electron chi connectivity index (χ0n) is 16.5. The summed E-state index contributed by atoms with van der Waals surface area (Å²) in [6.07, 6.45) is 0. The highest BCUT2D eigenvalue weighted by Gasteiger charge is 2.13. The number of carboxylic acid groups (broad SMARTS) is 1. The number of carboxylic acids is 1. The van der Waals surface area contributed by atoms with Gasteiger partial charge in [0.1, 0.15) is 19.7 Å².